The van der Waals surface area contributed by atoms with Crippen LogP contribution in [0.3, 0.4) is 0 Å². The maximum absolute atomic E-state index is 12.0. The van der Waals surface area contributed by atoms with Crippen LogP contribution in [-0.4, -0.2) is 16.0 Å². The van der Waals surface area contributed by atoms with Gasteiger partial charge in [0.2, 0.25) is 0 Å². The highest BCUT2D eigenvalue weighted by atomic mass is 35.5. The molecule has 2 rings (SSSR count). The SMILES string of the molecule is Nc1ccc(Cl)c(C(=O)Nc2ccc(CO)cc2)n1. The lowest BCUT2D eigenvalue weighted by Crippen LogP contribution is -2.15. The van der Waals surface area contributed by atoms with Crippen LogP contribution in [0.15, 0.2) is 36.4 Å². The second kappa shape index (κ2) is 5.69. The third-order valence-corrected chi connectivity index (χ3v) is 2.78. The Morgan fingerprint density at radius 3 is 2.58 bits per heavy atom. The normalized spacial score (nSPS) is 10.2. The third kappa shape index (κ3) is 3.21. The summed E-state index contributed by atoms with van der Waals surface area (Å²) in [7, 11) is 0. The van der Waals surface area contributed by atoms with E-state index in [1.54, 1.807) is 24.3 Å². The summed E-state index contributed by atoms with van der Waals surface area (Å²) in [6, 6.07) is 9.84. The summed E-state index contributed by atoms with van der Waals surface area (Å²) >= 11 is 5.89. The highest BCUT2D eigenvalue weighted by Gasteiger charge is 2.12. The van der Waals surface area contributed by atoms with E-state index in [2.05, 4.69) is 10.3 Å². The van der Waals surface area contributed by atoms with Crippen molar-refractivity contribution < 1.29 is 9.90 Å². The standard InChI is InChI=1S/C13H12ClN3O2/c14-10-5-6-11(15)17-12(10)13(19)16-9-3-1-8(7-18)2-4-9/h1-6,18H,7H2,(H2,15,17)(H,16,19). The van der Waals surface area contributed by atoms with Gasteiger partial charge >= 0.3 is 0 Å². The highest BCUT2D eigenvalue weighted by molar-refractivity contribution is 6.34. The Morgan fingerprint density at radius 1 is 1.26 bits per heavy atom. The number of aliphatic hydroxyl groups excluding tert-OH is 1. The Kier molecular flexibility index (Phi) is 3.99. The van der Waals surface area contributed by atoms with Gasteiger partial charge in [-0.25, -0.2) is 4.98 Å². The summed E-state index contributed by atoms with van der Waals surface area (Å²) in [5.41, 5.74) is 6.94. The number of aliphatic hydroxyl groups is 1. The Morgan fingerprint density at radius 2 is 1.95 bits per heavy atom. The molecule has 0 aliphatic carbocycles. The van der Waals surface area contributed by atoms with Crippen molar-refractivity contribution >= 4 is 29.0 Å². The average molecular weight is 278 g/mol. The Labute approximate surface area is 115 Å². The molecule has 0 atom stereocenters. The van der Waals surface area contributed by atoms with Crippen LogP contribution in [0.5, 0.6) is 0 Å². The molecule has 5 nitrogen and oxygen atoms in total. The molecule has 0 saturated heterocycles. The predicted molar refractivity (Wildman–Crippen MR) is 74.0 cm³/mol. The molecule has 1 aromatic heterocycles. The molecule has 4 N–H and O–H groups in total. The fourth-order valence-electron chi connectivity index (χ4n) is 1.50. The summed E-state index contributed by atoms with van der Waals surface area (Å²) in [5.74, 6) is -0.209. The zero-order valence-corrected chi connectivity index (χ0v) is 10.7. The van der Waals surface area contributed by atoms with Crippen molar-refractivity contribution in [1.82, 2.24) is 4.98 Å². The summed E-state index contributed by atoms with van der Waals surface area (Å²) in [4.78, 5) is 15.9. The molecule has 0 bridgehead atoms. The number of nitrogens with zero attached hydrogens (tertiary/aromatic N) is 1. The Balaban J connectivity index is 2.18. The zero-order chi connectivity index (χ0) is 13.8. The van der Waals surface area contributed by atoms with Crippen molar-refractivity contribution in [2.45, 2.75) is 6.61 Å². The van der Waals surface area contributed by atoms with Gasteiger partial charge in [0, 0.05) is 5.69 Å². The number of amides is 1. The smallest absolute Gasteiger partial charge is 0.275 e. The molecule has 0 aliphatic rings. The summed E-state index contributed by atoms with van der Waals surface area (Å²) < 4.78 is 0. The minimum Gasteiger partial charge on any atom is -0.392 e. The van der Waals surface area contributed by atoms with Crippen LogP contribution in [-0.2, 0) is 6.61 Å². The minimum absolute atomic E-state index is 0.0448. The summed E-state index contributed by atoms with van der Waals surface area (Å²) in [6.45, 7) is -0.0448. The molecule has 0 saturated carbocycles. The van der Waals surface area contributed by atoms with Crippen LogP contribution < -0.4 is 11.1 Å². The largest absolute Gasteiger partial charge is 0.392 e. The van der Waals surface area contributed by atoms with Crippen molar-refractivity contribution in [2.24, 2.45) is 0 Å². The van der Waals surface area contributed by atoms with Gasteiger partial charge in [-0.1, -0.05) is 23.7 Å². The average Bonchev–Trinajstić information content (AvgIpc) is 2.42. The van der Waals surface area contributed by atoms with Crippen LogP contribution in [0.25, 0.3) is 0 Å². The molecule has 2 aromatic rings. The van der Waals surface area contributed by atoms with E-state index in [1.807, 2.05) is 0 Å². The van der Waals surface area contributed by atoms with Crippen molar-refractivity contribution in [3.8, 4) is 0 Å². The lowest BCUT2D eigenvalue weighted by molar-refractivity contribution is 0.102. The quantitative estimate of drug-likeness (QED) is 0.801. The van der Waals surface area contributed by atoms with E-state index in [0.717, 1.165) is 5.56 Å². The molecule has 0 radical (unpaired) electrons. The monoisotopic (exact) mass is 277 g/mol. The molecule has 0 aliphatic heterocycles. The Hall–Kier alpha value is -2.11. The number of pyridine rings is 1. The molecule has 6 heteroatoms. The molecule has 98 valence electrons. The van der Waals surface area contributed by atoms with Crippen LogP contribution >= 0.6 is 11.6 Å². The van der Waals surface area contributed by atoms with Crippen molar-refractivity contribution in [1.29, 1.82) is 0 Å². The van der Waals surface area contributed by atoms with Gasteiger partial charge in [0.15, 0.2) is 0 Å². The number of rotatable bonds is 3. The number of carbonyl (C=O) groups is 1. The topological polar surface area (TPSA) is 88.2 Å². The van der Waals surface area contributed by atoms with Crippen molar-refractivity contribution in [2.75, 3.05) is 11.1 Å². The number of hydrogen-bond acceptors (Lipinski definition) is 4. The molecule has 0 spiro atoms. The molecule has 1 amide bonds. The second-order valence-corrected chi connectivity index (χ2v) is 4.28. The molecule has 0 unspecified atom stereocenters. The Bertz CT molecular complexity index is 599. The van der Waals surface area contributed by atoms with Crippen LogP contribution in [0, 0.1) is 0 Å². The first-order valence-electron chi connectivity index (χ1n) is 5.53. The van der Waals surface area contributed by atoms with Gasteiger partial charge in [0.25, 0.3) is 5.91 Å². The maximum Gasteiger partial charge on any atom is 0.275 e. The van der Waals surface area contributed by atoms with Gasteiger partial charge in [-0.05, 0) is 29.8 Å². The summed E-state index contributed by atoms with van der Waals surface area (Å²) in [6.07, 6.45) is 0. The van der Waals surface area contributed by atoms with Crippen LogP contribution in [0.2, 0.25) is 5.02 Å². The molecular weight excluding hydrogens is 266 g/mol. The zero-order valence-electron chi connectivity index (χ0n) is 9.93. The van der Waals surface area contributed by atoms with E-state index in [1.165, 1.54) is 12.1 Å². The number of nitrogen functional groups attached to an aromatic ring is 1. The fraction of sp³-hybridized carbons (Fsp3) is 0.0769. The second-order valence-electron chi connectivity index (χ2n) is 3.88. The van der Waals surface area contributed by atoms with Crippen LogP contribution in [0.1, 0.15) is 16.1 Å². The van der Waals surface area contributed by atoms with Gasteiger partial charge in [0.05, 0.1) is 11.6 Å². The van der Waals surface area contributed by atoms with Gasteiger partial charge < -0.3 is 16.2 Å². The lowest BCUT2D eigenvalue weighted by Gasteiger charge is -2.07. The van der Waals surface area contributed by atoms with Gasteiger partial charge in [-0.15, -0.1) is 0 Å². The highest BCUT2D eigenvalue weighted by Crippen LogP contribution is 2.17. The third-order valence-electron chi connectivity index (χ3n) is 2.48. The molecular formula is C13H12ClN3O2. The van der Waals surface area contributed by atoms with E-state index in [0.29, 0.717) is 5.69 Å². The van der Waals surface area contributed by atoms with E-state index in [9.17, 15) is 4.79 Å². The molecule has 1 heterocycles. The lowest BCUT2D eigenvalue weighted by atomic mass is 10.2. The number of benzene rings is 1. The molecule has 0 fully saturated rings. The first-order valence-corrected chi connectivity index (χ1v) is 5.91. The van der Waals surface area contributed by atoms with Crippen LogP contribution in [0.4, 0.5) is 11.5 Å². The van der Waals surface area contributed by atoms with Crippen molar-refractivity contribution in [3.05, 3.63) is 52.7 Å². The predicted octanol–water partition coefficient (Wildman–Crippen LogP) is 2.06. The van der Waals surface area contributed by atoms with Crippen molar-refractivity contribution in [3.63, 3.8) is 0 Å². The first kappa shape index (κ1) is 13.3. The number of nitrogens with two attached hydrogens (primary N) is 1. The first-order chi connectivity index (χ1) is 9.10. The van der Waals surface area contributed by atoms with E-state index < -0.39 is 5.91 Å². The number of halogens is 1. The van der Waals surface area contributed by atoms with Gasteiger partial charge in [-0.2, -0.15) is 0 Å². The number of nitrogens with one attached hydrogen (secondary N) is 1. The van der Waals surface area contributed by atoms with E-state index >= 15 is 0 Å². The van der Waals surface area contributed by atoms with Gasteiger partial charge in [0.1, 0.15) is 11.5 Å². The number of carbonyl (C=O) groups excluding carboxylic acids is 1. The number of anilines is 2. The fourth-order valence-corrected chi connectivity index (χ4v) is 1.69. The van der Waals surface area contributed by atoms with E-state index in [4.69, 9.17) is 22.4 Å². The summed E-state index contributed by atoms with van der Waals surface area (Å²) in [5, 5.41) is 11.8. The molecule has 1 aromatic carbocycles. The van der Waals surface area contributed by atoms with E-state index in [-0.39, 0.29) is 23.1 Å². The van der Waals surface area contributed by atoms with Gasteiger partial charge in [-0.3, -0.25) is 4.79 Å². The number of aromatic nitrogens is 1. The minimum atomic E-state index is -0.436. The maximum atomic E-state index is 12.0. The molecule has 19 heavy (non-hydrogen) atoms. The number of hydrogen-bond donors (Lipinski definition) is 3.